The molecule has 0 saturated carbocycles. The van der Waals surface area contributed by atoms with Crippen LogP contribution in [0.25, 0.3) is 0 Å². The molecule has 134 valence electrons. The quantitative estimate of drug-likeness (QED) is 0.637. The molecule has 1 aromatic rings. The molecule has 2 aliphatic rings. The Morgan fingerprint density at radius 3 is 2.56 bits per heavy atom. The molecule has 1 N–H and O–H groups in total. The van der Waals surface area contributed by atoms with E-state index < -0.39 is 5.54 Å². The van der Waals surface area contributed by atoms with E-state index in [0.29, 0.717) is 17.9 Å². The molecule has 2 aliphatic heterocycles. The second-order valence-corrected chi connectivity index (χ2v) is 7.86. The van der Waals surface area contributed by atoms with Gasteiger partial charge in [0.1, 0.15) is 5.54 Å². The van der Waals surface area contributed by atoms with Gasteiger partial charge in [-0.2, -0.15) is 0 Å². The van der Waals surface area contributed by atoms with Gasteiger partial charge < -0.3 is 10.2 Å². The number of thioether (sulfide) groups is 1. The third-order valence-corrected chi connectivity index (χ3v) is 5.31. The number of amides is 4. The van der Waals surface area contributed by atoms with Crippen LogP contribution in [0.4, 0.5) is 4.79 Å². The number of nitrogens with one attached hydrogen (secondary N) is 1. The molecule has 2 fully saturated rings. The van der Waals surface area contributed by atoms with Crippen LogP contribution >= 0.6 is 11.8 Å². The predicted molar refractivity (Wildman–Crippen MR) is 94.4 cm³/mol. The molecule has 3 rings (SSSR count). The van der Waals surface area contributed by atoms with Crippen molar-refractivity contribution in [3.63, 3.8) is 0 Å². The van der Waals surface area contributed by atoms with Crippen molar-refractivity contribution in [1.29, 1.82) is 0 Å². The Hall–Kier alpha value is -2.09. The summed E-state index contributed by atoms with van der Waals surface area (Å²) in [5, 5.41) is 3.43. The van der Waals surface area contributed by atoms with Gasteiger partial charge in [0.05, 0.1) is 10.6 Å². The number of likely N-dealkylation sites (tertiary alicyclic amines) is 1. The lowest BCUT2D eigenvalue weighted by atomic mass is 10.1. The summed E-state index contributed by atoms with van der Waals surface area (Å²) < 4.78 is 0. The van der Waals surface area contributed by atoms with Gasteiger partial charge in [-0.3, -0.25) is 14.5 Å². The standard InChI is InChI=1S/C17H22N4O3S/c1-17(2)15(23)21(16(24)19-17)9-10-25-13-6-5-12(11-18-13)14(22)20-7-3-4-8-20/h5-6,11H,3-4,7-10H2,1-2H3,(H,19,24). The smallest absolute Gasteiger partial charge is 0.325 e. The first kappa shape index (κ1) is 17.7. The summed E-state index contributed by atoms with van der Waals surface area (Å²) in [6.07, 6.45) is 3.72. The Kier molecular flexibility index (Phi) is 4.99. The number of carbonyl (C=O) groups is 3. The number of hydrogen-bond acceptors (Lipinski definition) is 5. The Morgan fingerprint density at radius 2 is 2.00 bits per heavy atom. The van der Waals surface area contributed by atoms with E-state index in [4.69, 9.17) is 0 Å². The van der Waals surface area contributed by atoms with E-state index in [1.807, 2.05) is 11.0 Å². The summed E-state index contributed by atoms with van der Waals surface area (Å²) in [5.74, 6) is 0.377. The average Bonchev–Trinajstić information content (AvgIpc) is 3.17. The number of nitrogens with zero attached hydrogens (tertiary/aromatic N) is 3. The van der Waals surface area contributed by atoms with Gasteiger partial charge in [-0.05, 0) is 38.8 Å². The van der Waals surface area contributed by atoms with Gasteiger partial charge in [-0.1, -0.05) is 0 Å². The maximum Gasteiger partial charge on any atom is 0.325 e. The van der Waals surface area contributed by atoms with Crippen molar-refractivity contribution in [2.24, 2.45) is 0 Å². The molecule has 25 heavy (non-hydrogen) atoms. The fourth-order valence-corrected chi connectivity index (χ4v) is 3.73. The Balaban J connectivity index is 1.51. The number of rotatable bonds is 5. The molecule has 0 aromatic carbocycles. The summed E-state index contributed by atoms with van der Waals surface area (Å²) in [6.45, 7) is 5.35. The normalized spacial score (nSPS) is 19.4. The summed E-state index contributed by atoms with van der Waals surface area (Å²) in [7, 11) is 0. The molecule has 3 heterocycles. The second-order valence-electron chi connectivity index (χ2n) is 6.74. The summed E-state index contributed by atoms with van der Waals surface area (Å²) >= 11 is 1.45. The number of urea groups is 1. The third-order valence-electron chi connectivity index (χ3n) is 4.39. The molecule has 0 atom stereocenters. The van der Waals surface area contributed by atoms with E-state index in [1.165, 1.54) is 16.7 Å². The van der Waals surface area contributed by atoms with Crippen LogP contribution in [0.5, 0.6) is 0 Å². The zero-order valence-electron chi connectivity index (χ0n) is 14.4. The van der Waals surface area contributed by atoms with Crippen LogP contribution in [-0.2, 0) is 4.79 Å². The zero-order chi connectivity index (χ0) is 18.0. The molecule has 7 nitrogen and oxygen atoms in total. The van der Waals surface area contributed by atoms with Crippen molar-refractivity contribution in [2.45, 2.75) is 37.3 Å². The summed E-state index contributed by atoms with van der Waals surface area (Å²) in [5.41, 5.74) is -0.237. The van der Waals surface area contributed by atoms with Gasteiger partial charge in [-0.15, -0.1) is 11.8 Å². The maximum atomic E-state index is 12.3. The summed E-state index contributed by atoms with van der Waals surface area (Å²) in [4.78, 5) is 43.6. The highest BCUT2D eigenvalue weighted by Gasteiger charge is 2.43. The minimum atomic E-state index is -0.836. The Bertz CT molecular complexity index is 684. The second kappa shape index (κ2) is 7.03. The van der Waals surface area contributed by atoms with Crippen LogP contribution in [0, 0.1) is 0 Å². The molecule has 0 radical (unpaired) electrons. The number of imide groups is 1. The van der Waals surface area contributed by atoms with Crippen molar-refractivity contribution in [3.8, 4) is 0 Å². The molecule has 0 spiro atoms. The van der Waals surface area contributed by atoms with Gasteiger partial charge in [0.2, 0.25) is 0 Å². The van der Waals surface area contributed by atoms with Crippen LogP contribution in [0.15, 0.2) is 23.4 Å². The van der Waals surface area contributed by atoms with Crippen molar-refractivity contribution >= 4 is 29.6 Å². The monoisotopic (exact) mass is 362 g/mol. The van der Waals surface area contributed by atoms with Gasteiger partial charge in [-0.25, -0.2) is 9.78 Å². The average molecular weight is 362 g/mol. The maximum absolute atomic E-state index is 12.3. The number of carbonyl (C=O) groups excluding carboxylic acids is 3. The minimum absolute atomic E-state index is 0.0307. The van der Waals surface area contributed by atoms with E-state index >= 15 is 0 Å². The fourth-order valence-electron chi connectivity index (χ4n) is 2.96. The Labute approximate surface area is 151 Å². The molecular weight excluding hydrogens is 340 g/mol. The molecule has 4 amide bonds. The molecule has 1 aromatic heterocycles. The van der Waals surface area contributed by atoms with Crippen LogP contribution in [0.1, 0.15) is 37.0 Å². The largest absolute Gasteiger partial charge is 0.339 e. The van der Waals surface area contributed by atoms with Crippen molar-refractivity contribution in [2.75, 3.05) is 25.4 Å². The van der Waals surface area contributed by atoms with E-state index in [0.717, 1.165) is 31.0 Å². The first-order valence-corrected chi connectivity index (χ1v) is 9.39. The fraction of sp³-hybridized carbons (Fsp3) is 0.529. The van der Waals surface area contributed by atoms with Gasteiger partial charge in [0, 0.05) is 31.6 Å². The van der Waals surface area contributed by atoms with Gasteiger partial charge in [0.25, 0.3) is 11.8 Å². The molecule has 8 heteroatoms. The minimum Gasteiger partial charge on any atom is -0.339 e. The lowest BCUT2D eigenvalue weighted by molar-refractivity contribution is -0.130. The predicted octanol–water partition coefficient (Wildman–Crippen LogP) is 1.74. The lowest BCUT2D eigenvalue weighted by Gasteiger charge is -2.16. The molecule has 0 aliphatic carbocycles. The van der Waals surface area contributed by atoms with Crippen LogP contribution in [0.3, 0.4) is 0 Å². The number of hydrogen-bond donors (Lipinski definition) is 1. The van der Waals surface area contributed by atoms with E-state index in [2.05, 4.69) is 10.3 Å². The van der Waals surface area contributed by atoms with Crippen LogP contribution < -0.4 is 5.32 Å². The van der Waals surface area contributed by atoms with E-state index in [-0.39, 0.29) is 17.8 Å². The highest BCUT2D eigenvalue weighted by molar-refractivity contribution is 7.99. The Morgan fingerprint density at radius 1 is 1.28 bits per heavy atom. The van der Waals surface area contributed by atoms with Crippen molar-refractivity contribution in [1.82, 2.24) is 20.1 Å². The molecule has 2 saturated heterocycles. The third kappa shape index (κ3) is 3.78. The van der Waals surface area contributed by atoms with Crippen LogP contribution in [-0.4, -0.2) is 63.6 Å². The van der Waals surface area contributed by atoms with Crippen molar-refractivity contribution in [3.05, 3.63) is 23.9 Å². The first-order valence-electron chi connectivity index (χ1n) is 8.41. The number of pyridine rings is 1. The number of aromatic nitrogens is 1. The highest BCUT2D eigenvalue weighted by atomic mass is 32.2. The SMILES string of the molecule is CC1(C)NC(=O)N(CCSc2ccc(C(=O)N3CCCC3)cn2)C1=O. The zero-order valence-corrected chi connectivity index (χ0v) is 15.3. The lowest BCUT2D eigenvalue weighted by Crippen LogP contribution is -2.40. The first-order chi connectivity index (χ1) is 11.9. The van der Waals surface area contributed by atoms with Gasteiger partial charge in [0.15, 0.2) is 0 Å². The topological polar surface area (TPSA) is 82.6 Å². The summed E-state index contributed by atoms with van der Waals surface area (Å²) in [6, 6.07) is 3.24. The van der Waals surface area contributed by atoms with Crippen LogP contribution in [0.2, 0.25) is 0 Å². The van der Waals surface area contributed by atoms with Crippen molar-refractivity contribution < 1.29 is 14.4 Å². The molecule has 0 bridgehead atoms. The highest BCUT2D eigenvalue weighted by Crippen LogP contribution is 2.20. The van der Waals surface area contributed by atoms with E-state index in [1.54, 1.807) is 26.1 Å². The van der Waals surface area contributed by atoms with Gasteiger partial charge >= 0.3 is 6.03 Å². The van der Waals surface area contributed by atoms with E-state index in [9.17, 15) is 14.4 Å². The molecule has 0 unspecified atom stereocenters. The molecular formula is C17H22N4O3S.